The summed E-state index contributed by atoms with van der Waals surface area (Å²) < 4.78 is 25.2. The third-order valence-corrected chi connectivity index (χ3v) is 3.43. The van der Waals surface area contributed by atoms with E-state index in [4.69, 9.17) is 0 Å². The molecule has 0 atom stereocenters. The van der Waals surface area contributed by atoms with Crippen LogP contribution in [0.1, 0.15) is 20.8 Å². The van der Waals surface area contributed by atoms with Crippen molar-refractivity contribution in [3.63, 3.8) is 0 Å². The Morgan fingerprint density at radius 1 is 1.33 bits per heavy atom. The largest absolute Gasteiger partial charge is 0.347 e. The zero-order valence-corrected chi connectivity index (χ0v) is 11.6. The van der Waals surface area contributed by atoms with Gasteiger partial charge in [-0.25, -0.2) is 13.1 Å². The van der Waals surface area contributed by atoms with Crippen LogP contribution in [-0.4, -0.2) is 31.5 Å². The first kappa shape index (κ1) is 16.4. The molecule has 102 valence electrons. The smallest absolute Gasteiger partial charge is 0.259 e. The van der Waals surface area contributed by atoms with Gasteiger partial charge in [0.05, 0.1) is 11.3 Å². The SMILES string of the molecule is C=CC(=O)NC(C)(C)CS(=O)(=O)NC(=O)C(=C)C. The quantitative estimate of drug-likeness (QED) is 0.671. The zero-order chi connectivity index (χ0) is 14.6. The minimum Gasteiger partial charge on any atom is -0.347 e. The maximum absolute atomic E-state index is 11.7. The first-order valence-electron chi connectivity index (χ1n) is 5.14. The zero-order valence-electron chi connectivity index (χ0n) is 10.7. The van der Waals surface area contributed by atoms with Crippen molar-refractivity contribution in [2.45, 2.75) is 26.3 Å². The fraction of sp³-hybridized carbons (Fsp3) is 0.455. The van der Waals surface area contributed by atoms with E-state index in [0.29, 0.717) is 0 Å². The van der Waals surface area contributed by atoms with E-state index in [1.807, 2.05) is 4.72 Å². The van der Waals surface area contributed by atoms with Gasteiger partial charge in [-0.3, -0.25) is 9.59 Å². The average Bonchev–Trinajstić information content (AvgIpc) is 2.13. The number of nitrogens with one attached hydrogen (secondary N) is 2. The standard InChI is InChI=1S/C11H18N2O4S/c1-6-9(14)12-11(4,5)7-18(16,17)13-10(15)8(2)3/h6H,1-2,7H2,3-5H3,(H,12,14)(H,13,15). The molecular formula is C11H18N2O4S. The van der Waals surface area contributed by atoms with Crippen LogP contribution in [0.5, 0.6) is 0 Å². The third kappa shape index (κ3) is 6.19. The van der Waals surface area contributed by atoms with E-state index in [1.54, 1.807) is 0 Å². The van der Waals surface area contributed by atoms with Crippen LogP contribution >= 0.6 is 0 Å². The Morgan fingerprint density at radius 3 is 2.22 bits per heavy atom. The highest BCUT2D eigenvalue weighted by atomic mass is 32.2. The van der Waals surface area contributed by atoms with Crippen LogP contribution < -0.4 is 10.0 Å². The Hall–Kier alpha value is -1.63. The summed E-state index contributed by atoms with van der Waals surface area (Å²) in [5, 5.41) is 2.45. The van der Waals surface area contributed by atoms with Crippen LogP contribution in [-0.2, 0) is 19.6 Å². The van der Waals surface area contributed by atoms with Crippen LogP contribution in [0, 0.1) is 0 Å². The van der Waals surface area contributed by atoms with Gasteiger partial charge >= 0.3 is 0 Å². The summed E-state index contributed by atoms with van der Waals surface area (Å²) in [5.74, 6) is -1.68. The predicted octanol–water partition coefficient (Wildman–Crippen LogP) is 0.0893. The lowest BCUT2D eigenvalue weighted by Crippen LogP contribution is -2.50. The van der Waals surface area contributed by atoms with Crippen LogP contribution in [0.4, 0.5) is 0 Å². The highest BCUT2D eigenvalue weighted by molar-refractivity contribution is 7.90. The Labute approximate surface area is 107 Å². The number of sulfonamides is 1. The molecule has 6 nitrogen and oxygen atoms in total. The molecular weight excluding hydrogens is 256 g/mol. The second kappa shape index (κ2) is 5.81. The summed E-state index contributed by atoms with van der Waals surface area (Å²) >= 11 is 0. The molecule has 0 unspecified atom stereocenters. The van der Waals surface area contributed by atoms with Gasteiger partial charge in [-0.15, -0.1) is 0 Å². The Kier molecular flexibility index (Phi) is 5.29. The number of amides is 2. The van der Waals surface area contributed by atoms with Crippen molar-refractivity contribution in [1.29, 1.82) is 0 Å². The van der Waals surface area contributed by atoms with Gasteiger partial charge in [0.1, 0.15) is 0 Å². The summed E-state index contributed by atoms with van der Waals surface area (Å²) in [4.78, 5) is 22.3. The van der Waals surface area contributed by atoms with E-state index in [0.717, 1.165) is 6.08 Å². The Bertz CT molecular complexity index is 477. The van der Waals surface area contributed by atoms with Crippen LogP contribution in [0.2, 0.25) is 0 Å². The minimum atomic E-state index is -3.85. The molecule has 0 saturated heterocycles. The number of rotatable bonds is 6. The van der Waals surface area contributed by atoms with Gasteiger partial charge in [-0.1, -0.05) is 13.2 Å². The molecule has 7 heteroatoms. The van der Waals surface area contributed by atoms with Crippen LogP contribution in [0.3, 0.4) is 0 Å². The van der Waals surface area contributed by atoms with Crippen molar-refractivity contribution in [2.75, 3.05) is 5.75 Å². The topological polar surface area (TPSA) is 92.3 Å². The molecule has 0 heterocycles. The van der Waals surface area contributed by atoms with E-state index in [2.05, 4.69) is 18.5 Å². The fourth-order valence-electron chi connectivity index (χ4n) is 1.16. The van der Waals surface area contributed by atoms with Gasteiger partial charge < -0.3 is 5.32 Å². The van der Waals surface area contributed by atoms with E-state index in [-0.39, 0.29) is 5.57 Å². The molecule has 0 aromatic carbocycles. The summed E-state index contributed by atoms with van der Waals surface area (Å²) in [6.07, 6.45) is 1.04. The highest BCUT2D eigenvalue weighted by Crippen LogP contribution is 2.06. The summed E-state index contributed by atoms with van der Waals surface area (Å²) in [6.45, 7) is 11.1. The molecule has 0 radical (unpaired) electrons. The normalized spacial score (nSPS) is 11.5. The number of hydrogen-bond donors (Lipinski definition) is 2. The minimum absolute atomic E-state index is 0.0894. The number of carbonyl (C=O) groups excluding carboxylic acids is 2. The first-order valence-corrected chi connectivity index (χ1v) is 6.79. The molecule has 0 aliphatic carbocycles. The lowest BCUT2D eigenvalue weighted by atomic mass is 10.1. The van der Waals surface area contributed by atoms with Gasteiger partial charge in [-0.2, -0.15) is 0 Å². The Morgan fingerprint density at radius 2 is 1.83 bits per heavy atom. The molecule has 0 saturated carbocycles. The lowest BCUT2D eigenvalue weighted by molar-refractivity contribution is -0.117. The van der Waals surface area contributed by atoms with E-state index < -0.39 is 33.1 Å². The van der Waals surface area contributed by atoms with E-state index in [9.17, 15) is 18.0 Å². The van der Waals surface area contributed by atoms with Crippen molar-refractivity contribution < 1.29 is 18.0 Å². The maximum Gasteiger partial charge on any atom is 0.259 e. The monoisotopic (exact) mass is 274 g/mol. The summed E-state index contributed by atoms with van der Waals surface area (Å²) in [6, 6.07) is 0. The van der Waals surface area contributed by atoms with Crippen molar-refractivity contribution in [3.05, 3.63) is 24.8 Å². The molecule has 2 amide bonds. The van der Waals surface area contributed by atoms with Crippen molar-refractivity contribution in [3.8, 4) is 0 Å². The van der Waals surface area contributed by atoms with E-state index in [1.165, 1.54) is 20.8 Å². The molecule has 0 spiro atoms. The second-order valence-electron chi connectivity index (χ2n) is 4.55. The van der Waals surface area contributed by atoms with Crippen molar-refractivity contribution in [1.82, 2.24) is 10.0 Å². The maximum atomic E-state index is 11.7. The first-order chi connectivity index (χ1) is 7.99. The van der Waals surface area contributed by atoms with Gasteiger partial charge in [-0.05, 0) is 26.8 Å². The molecule has 18 heavy (non-hydrogen) atoms. The number of hydrogen-bond acceptors (Lipinski definition) is 4. The molecule has 2 N–H and O–H groups in total. The summed E-state index contributed by atoms with van der Waals surface area (Å²) in [5.41, 5.74) is -0.932. The molecule has 0 rings (SSSR count). The van der Waals surface area contributed by atoms with Crippen molar-refractivity contribution >= 4 is 21.8 Å². The van der Waals surface area contributed by atoms with Gasteiger partial charge in [0, 0.05) is 5.57 Å². The van der Waals surface area contributed by atoms with Gasteiger partial charge in [0.15, 0.2) is 0 Å². The molecule has 0 bridgehead atoms. The fourth-order valence-corrected chi connectivity index (χ4v) is 2.71. The average molecular weight is 274 g/mol. The molecule has 0 fully saturated rings. The van der Waals surface area contributed by atoms with Crippen LogP contribution in [0.15, 0.2) is 24.8 Å². The third-order valence-electron chi connectivity index (χ3n) is 1.83. The number of carbonyl (C=O) groups is 2. The highest BCUT2D eigenvalue weighted by Gasteiger charge is 2.28. The lowest BCUT2D eigenvalue weighted by Gasteiger charge is -2.25. The molecule has 0 aromatic heterocycles. The molecule has 0 aliphatic rings. The predicted molar refractivity (Wildman–Crippen MR) is 69.2 cm³/mol. The summed E-state index contributed by atoms with van der Waals surface area (Å²) in [7, 11) is -3.85. The van der Waals surface area contributed by atoms with Gasteiger partial charge in [0.25, 0.3) is 5.91 Å². The van der Waals surface area contributed by atoms with Gasteiger partial charge in [0.2, 0.25) is 15.9 Å². The second-order valence-corrected chi connectivity index (χ2v) is 6.27. The Balaban J connectivity index is 4.76. The van der Waals surface area contributed by atoms with Crippen LogP contribution in [0.25, 0.3) is 0 Å². The van der Waals surface area contributed by atoms with E-state index >= 15 is 0 Å². The molecule has 0 aromatic rings. The van der Waals surface area contributed by atoms with Crippen molar-refractivity contribution in [2.24, 2.45) is 0 Å². The molecule has 0 aliphatic heterocycles.